The highest BCUT2D eigenvalue weighted by Gasteiger charge is 2.12. The van der Waals surface area contributed by atoms with Gasteiger partial charge >= 0.3 is 11.8 Å². The molecule has 3 amide bonds. The van der Waals surface area contributed by atoms with Crippen LogP contribution in [0.15, 0.2) is 41.5 Å². The fraction of sp³-hybridized carbons (Fsp3) is 0.304. The molecule has 2 rings (SSSR count). The first-order valence-electron chi connectivity index (χ1n) is 10.4. The molecule has 0 spiro atoms. The molecule has 3 N–H and O–H groups in total. The molecule has 0 fully saturated rings. The minimum absolute atomic E-state index is 0.234. The lowest BCUT2D eigenvalue weighted by Gasteiger charge is -2.13. The van der Waals surface area contributed by atoms with Gasteiger partial charge in [0.25, 0.3) is 5.91 Å². The van der Waals surface area contributed by atoms with E-state index in [1.807, 2.05) is 26.8 Å². The zero-order valence-electron chi connectivity index (χ0n) is 18.7. The van der Waals surface area contributed by atoms with Crippen LogP contribution in [0.4, 0.5) is 5.69 Å². The summed E-state index contributed by atoms with van der Waals surface area (Å²) in [5.74, 6) is -1.19. The normalized spacial score (nSPS) is 10.5. The lowest BCUT2D eigenvalue weighted by molar-refractivity contribution is -0.139. The van der Waals surface area contributed by atoms with Gasteiger partial charge < -0.3 is 20.1 Å². The number of amides is 3. The van der Waals surface area contributed by atoms with Gasteiger partial charge in [-0.25, -0.2) is 5.43 Å². The molecule has 0 aliphatic carbocycles. The Balaban J connectivity index is 1.96. The first-order chi connectivity index (χ1) is 15.8. The Bertz CT molecular complexity index is 1030. The number of carbonyl (C=O) groups excluding carboxylic acids is 3. The van der Waals surface area contributed by atoms with Gasteiger partial charge in [0.2, 0.25) is 0 Å². The number of rotatable bonds is 10. The van der Waals surface area contributed by atoms with Crippen LogP contribution in [-0.4, -0.2) is 43.7 Å². The van der Waals surface area contributed by atoms with Crippen molar-refractivity contribution in [1.82, 2.24) is 10.7 Å². The maximum absolute atomic E-state index is 12.2. The first kappa shape index (κ1) is 25.7. The topological polar surface area (TPSA) is 118 Å². The van der Waals surface area contributed by atoms with Crippen molar-refractivity contribution in [2.24, 2.45) is 5.10 Å². The smallest absolute Gasteiger partial charge is 0.329 e. The van der Waals surface area contributed by atoms with Crippen molar-refractivity contribution in [3.8, 4) is 11.5 Å². The predicted octanol–water partition coefficient (Wildman–Crippen LogP) is 3.04. The second-order valence-corrected chi connectivity index (χ2v) is 7.30. The van der Waals surface area contributed by atoms with Gasteiger partial charge in [-0.3, -0.25) is 14.4 Å². The van der Waals surface area contributed by atoms with E-state index in [2.05, 4.69) is 21.2 Å². The molecule has 176 valence electrons. The molecule has 0 saturated heterocycles. The fourth-order valence-corrected chi connectivity index (χ4v) is 2.72. The third-order valence-electron chi connectivity index (χ3n) is 4.20. The second kappa shape index (κ2) is 13.1. The number of carbonyl (C=O) groups is 3. The van der Waals surface area contributed by atoms with Crippen molar-refractivity contribution in [1.29, 1.82) is 0 Å². The highest BCUT2D eigenvalue weighted by Crippen LogP contribution is 2.28. The van der Waals surface area contributed by atoms with Gasteiger partial charge in [-0.2, -0.15) is 5.10 Å². The number of benzene rings is 2. The van der Waals surface area contributed by atoms with E-state index in [1.54, 1.807) is 30.3 Å². The molecular weight excluding hydrogens is 448 g/mol. The summed E-state index contributed by atoms with van der Waals surface area (Å²) < 4.78 is 11.2. The predicted molar refractivity (Wildman–Crippen MR) is 127 cm³/mol. The van der Waals surface area contributed by atoms with E-state index in [-0.39, 0.29) is 12.5 Å². The highest BCUT2D eigenvalue weighted by molar-refractivity contribution is 6.35. The maximum atomic E-state index is 12.2. The van der Waals surface area contributed by atoms with Crippen molar-refractivity contribution in [3.63, 3.8) is 0 Å². The van der Waals surface area contributed by atoms with Crippen LogP contribution in [0.1, 0.15) is 31.4 Å². The molecule has 0 heterocycles. The van der Waals surface area contributed by atoms with Crippen LogP contribution in [0.5, 0.6) is 11.5 Å². The molecule has 0 aliphatic rings. The summed E-state index contributed by atoms with van der Waals surface area (Å²) >= 11 is 6.08. The molecule has 0 aromatic heterocycles. The SMILES string of the molecule is CCCNC(=O)C(=O)N/N=C\c1ccc(OCC(=O)Nc2ccc(C)c(Cl)c2)c(OCC)c1. The van der Waals surface area contributed by atoms with Gasteiger partial charge in [-0.1, -0.05) is 24.6 Å². The van der Waals surface area contributed by atoms with Gasteiger partial charge in [0.1, 0.15) is 0 Å². The van der Waals surface area contributed by atoms with E-state index >= 15 is 0 Å². The zero-order valence-corrected chi connectivity index (χ0v) is 19.5. The Morgan fingerprint density at radius 1 is 1.03 bits per heavy atom. The van der Waals surface area contributed by atoms with Crippen LogP contribution >= 0.6 is 11.6 Å². The van der Waals surface area contributed by atoms with Crippen molar-refractivity contribution in [3.05, 3.63) is 52.5 Å². The highest BCUT2D eigenvalue weighted by atomic mass is 35.5. The van der Waals surface area contributed by atoms with Crippen molar-refractivity contribution >= 4 is 41.2 Å². The quantitative estimate of drug-likeness (QED) is 0.278. The minimum atomic E-state index is -0.856. The third kappa shape index (κ3) is 8.46. The number of nitrogens with one attached hydrogen (secondary N) is 3. The molecule has 33 heavy (non-hydrogen) atoms. The average molecular weight is 475 g/mol. The molecule has 0 atom stereocenters. The Morgan fingerprint density at radius 2 is 1.82 bits per heavy atom. The molecular formula is C23H27ClN4O5. The molecule has 9 nitrogen and oxygen atoms in total. The van der Waals surface area contributed by atoms with Crippen LogP contribution in [0, 0.1) is 6.92 Å². The van der Waals surface area contributed by atoms with Crippen molar-refractivity contribution in [2.75, 3.05) is 25.1 Å². The number of halogens is 1. The lowest BCUT2D eigenvalue weighted by atomic mass is 10.2. The van der Waals surface area contributed by atoms with Gasteiger partial charge in [-0.05, 0) is 61.7 Å². The lowest BCUT2D eigenvalue weighted by Crippen LogP contribution is -2.38. The van der Waals surface area contributed by atoms with Crippen LogP contribution in [0.25, 0.3) is 0 Å². The van der Waals surface area contributed by atoms with Gasteiger partial charge in [-0.15, -0.1) is 0 Å². The zero-order chi connectivity index (χ0) is 24.2. The number of hydrogen-bond donors (Lipinski definition) is 3. The summed E-state index contributed by atoms with van der Waals surface area (Å²) in [6.07, 6.45) is 2.09. The second-order valence-electron chi connectivity index (χ2n) is 6.90. The third-order valence-corrected chi connectivity index (χ3v) is 4.61. The molecule has 0 radical (unpaired) electrons. The Morgan fingerprint density at radius 3 is 2.52 bits per heavy atom. The van der Waals surface area contributed by atoms with Crippen LogP contribution < -0.4 is 25.5 Å². The van der Waals surface area contributed by atoms with Gasteiger partial charge in [0.15, 0.2) is 18.1 Å². The molecule has 10 heteroatoms. The van der Waals surface area contributed by atoms with Gasteiger partial charge in [0.05, 0.1) is 12.8 Å². The van der Waals surface area contributed by atoms with E-state index < -0.39 is 11.8 Å². The molecule has 2 aromatic carbocycles. The van der Waals surface area contributed by atoms with Gasteiger partial charge in [0, 0.05) is 17.3 Å². The molecule has 0 bridgehead atoms. The standard InChI is InChI=1S/C23H27ClN4O5/c1-4-10-25-22(30)23(31)28-26-13-16-7-9-19(20(11-16)32-5-2)33-14-21(29)27-17-8-6-15(3)18(24)12-17/h6-9,11-13H,4-5,10,14H2,1-3H3,(H,25,30)(H,27,29)(H,28,31)/b26-13-. The minimum Gasteiger partial charge on any atom is -0.490 e. The van der Waals surface area contributed by atoms with Crippen molar-refractivity contribution < 1.29 is 23.9 Å². The average Bonchev–Trinajstić information content (AvgIpc) is 2.79. The number of aryl methyl sites for hydroxylation is 1. The Hall–Kier alpha value is -3.59. The molecule has 0 unspecified atom stereocenters. The number of ether oxygens (including phenoxy) is 2. The van der Waals surface area contributed by atoms with Crippen LogP contribution in [0.3, 0.4) is 0 Å². The fourth-order valence-electron chi connectivity index (χ4n) is 2.54. The number of anilines is 1. The summed E-state index contributed by atoms with van der Waals surface area (Å²) in [6, 6.07) is 10.2. The van der Waals surface area contributed by atoms with Crippen LogP contribution in [0.2, 0.25) is 5.02 Å². The molecule has 0 saturated carbocycles. The Labute approximate surface area is 197 Å². The van der Waals surface area contributed by atoms with E-state index in [0.29, 0.717) is 40.9 Å². The summed E-state index contributed by atoms with van der Waals surface area (Å²) in [7, 11) is 0. The number of hydrogen-bond acceptors (Lipinski definition) is 6. The van der Waals surface area contributed by atoms with E-state index in [4.69, 9.17) is 21.1 Å². The largest absolute Gasteiger partial charge is 0.490 e. The monoisotopic (exact) mass is 474 g/mol. The molecule has 0 aliphatic heterocycles. The maximum Gasteiger partial charge on any atom is 0.329 e. The van der Waals surface area contributed by atoms with E-state index in [9.17, 15) is 14.4 Å². The summed E-state index contributed by atoms with van der Waals surface area (Å²) in [5.41, 5.74) is 4.24. The first-order valence-corrected chi connectivity index (χ1v) is 10.8. The summed E-state index contributed by atoms with van der Waals surface area (Å²) in [4.78, 5) is 35.4. The van der Waals surface area contributed by atoms with Crippen molar-refractivity contribution in [2.45, 2.75) is 27.2 Å². The Kier molecular flexibility index (Phi) is 10.2. The van der Waals surface area contributed by atoms with E-state index in [0.717, 1.165) is 12.0 Å². The number of hydrazone groups is 1. The summed E-state index contributed by atoms with van der Waals surface area (Å²) in [6.45, 7) is 6.12. The summed E-state index contributed by atoms with van der Waals surface area (Å²) in [5, 5.41) is 9.51. The van der Waals surface area contributed by atoms with E-state index in [1.165, 1.54) is 6.21 Å². The number of nitrogens with zero attached hydrogens (tertiary/aromatic N) is 1. The molecule has 2 aromatic rings. The van der Waals surface area contributed by atoms with Crippen LogP contribution in [-0.2, 0) is 14.4 Å².